The Morgan fingerprint density at radius 1 is 1.22 bits per heavy atom. The molecule has 0 spiro atoms. The number of amides is 1. The molecule has 2 heterocycles. The number of rotatable bonds is 5. The molecule has 2 aromatic heterocycles. The third-order valence-electron chi connectivity index (χ3n) is 3.62. The molecule has 3 rings (SSSR count). The van der Waals surface area contributed by atoms with E-state index in [1.54, 1.807) is 17.4 Å². The number of carbonyl (C=O) groups excluding carboxylic acids is 1. The Bertz CT molecular complexity index is 884. The van der Waals surface area contributed by atoms with E-state index in [0.717, 1.165) is 17.5 Å². The highest BCUT2D eigenvalue weighted by Gasteiger charge is 2.10. The van der Waals surface area contributed by atoms with Crippen molar-refractivity contribution in [3.63, 3.8) is 0 Å². The lowest BCUT2D eigenvalue weighted by atomic mass is 10.1. The van der Waals surface area contributed by atoms with Gasteiger partial charge in [-0.25, -0.2) is 4.68 Å². The second-order valence-electron chi connectivity index (χ2n) is 5.27. The average Bonchev–Trinajstić information content (AvgIpc) is 3.06. The van der Waals surface area contributed by atoms with Crippen LogP contribution >= 0.6 is 11.3 Å². The third kappa shape index (κ3) is 3.48. The van der Waals surface area contributed by atoms with Gasteiger partial charge in [0, 0.05) is 16.8 Å². The maximum Gasteiger partial charge on any atom is 0.275 e. The van der Waals surface area contributed by atoms with E-state index in [0.29, 0.717) is 11.9 Å². The molecule has 6 heteroatoms. The zero-order valence-electron chi connectivity index (χ0n) is 12.8. The van der Waals surface area contributed by atoms with E-state index in [1.807, 2.05) is 42.6 Å². The molecule has 0 saturated carbocycles. The van der Waals surface area contributed by atoms with Crippen molar-refractivity contribution >= 4 is 28.0 Å². The number of carbonyl (C=O) groups is 1. The molecule has 0 saturated heterocycles. The summed E-state index contributed by atoms with van der Waals surface area (Å²) in [5.74, 6) is -0.203. The van der Waals surface area contributed by atoms with Crippen LogP contribution in [0.5, 0.6) is 0 Å². The van der Waals surface area contributed by atoms with Gasteiger partial charge in [0.15, 0.2) is 0 Å². The first-order chi connectivity index (χ1) is 11.1. The topological polar surface area (TPSA) is 64.0 Å². The number of hydrogen-bond acceptors (Lipinski definition) is 4. The molecule has 23 heavy (non-hydrogen) atoms. The minimum atomic E-state index is -0.236. The predicted molar refractivity (Wildman–Crippen MR) is 91.8 cm³/mol. The highest BCUT2D eigenvalue weighted by Crippen LogP contribution is 2.11. The van der Waals surface area contributed by atoms with Crippen molar-refractivity contribution in [2.24, 2.45) is 0 Å². The molecule has 0 aliphatic carbocycles. The van der Waals surface area contributed by atoms with Gasteiger partial charge in [-0.3, -0.25) is 9.59 Å². The molecule has 0 fully saturated rings. The molecular formula is C17H17N3O2S. The summed E-state index contributed by atoms with van der Waals surface area (Å²) < 4.78 is 1.23. The average molecular weight is 327 g/mol. The Kier molecular flexibility index (Phi) is 4.52. The first kappa shape index (κ1) is 15.4. The highest BCUT2D eigenvalue weighted by atomic mass is 32.1. The van der Waals surface area contributed by atoms with Crippen molar-refractivity contribution in [3.05, 3.63) is 62.7 Å². The minimum absolute atomic E-state index is 0.0606. The maximum atomic E-state index is 12.4. The number of aryl methyl sites for hydroxylation is 1. The summed E-state index contributed by atoms with van der Waals surface area (Å²) in [6, 6.07) is 11.3. The van der Waals surface area contributed by atoms with Gasteiger partial charge in [-0.2, -0.15) is 5.10 Å². The Labute approximate surface area is 137 Å². The van der Waals surface area contributed by atoms with Crippen molar-refractivity contribution in [2.45, 2.75) is 19.9 Å². The van der Waals surface area contributed by atoms with E-state index in [-0.39, 0.29) is 18.0 Å². The van der Waals surface area contributed by atoms with Gasteiger partial charge in [-0.05, 0) is 30.9 Å². The molecule has 1 N–H and O–H groups in total. The lowest BCUT2D eigenvalue weighted by Crippen LogP contribution is -2.35. The molecule has 0 bridgehead atoms. The molecule has 0 unspecified atom stereocenters. The van der Waals surface area contributed by atoms with Gasteiger partial charge in [0.05, 0.1) is 11.1 Å². The number of fused-ring (bicyclic) bond motifs is 1. The summed E-state index contributed by atoms with van der Waals surface area (Å²) in [5.41, 5.74) is 0.506. The van der Waals surface area contributed by atoms with Crippen molar-refractivity contribution in [1.29, 1.82) is 0 Å². The van der Waals surface area contributed by atoms with Crippen molar-refractivity contribution in [1.82, 2.24) is 15.1 Å². The Balaban J connectivity index is 1.70. The molecular weight excluding hydrogens is 310 g/mol. The Hall–Kier alpha value is -2.47. The number of nitrogens with zero attached hydrogens (tertiary/aromatic N) is 2. The SMILES string of the molecule is Cc1nn(CC(=O)NCCc2cccs2)c(=O)c2ccccc12. The van der Waals surface area contributed by atoms with Crippen LogP contribution in [0.15, 0.2) is 46.6 Å². The lowest BCUT2D eigenvalue weighted by Gasteiger charge is -2.09. The van der Waals surface area contributed by atoms with Crippen LogP contribution in [0.2, 0.25) is 0 Å². The van der Waals surface area contributed by atoms with E-state index in [2.05, 4.69) is 10.4 Å². The van der Waals surface area contributed by atoms with Crippen LogP contribution in [-0.2, 0) is 17.8 Å². The molecule has 118 valence electrons. The minimum Gasteiger partial charge on any atom is -0.354 e. The Morgan fingerprint density at radius 2 is 2.00 bits per heavy atom. The van der Waals surface area contributed by atoms with E-state index in [9.17, 15) is 9.59 Å². The monoisotopic (exact) mass is 327 g/mol. The van der Waals surface area contributed by atoms with E-state index in [4.69, 9.17) is 0 Å². The molecule has 1 amide bonds. The van der Waals surface area contributed by atoms with Crippen LogP contribution < -0.4 is 10.9 Å². The Morgan fingerprint density at radius 3 is 2.74 bits per heavy atom. The van der Waals surface area contributed by atoms with Crippen LogP contribution in [0.3, 0.4) is 0 Å². The summed E-state index contributed by atoms with van der Waals surface area (Å²) in [6.07, 6.45) is 0.794. The summed E-state index contributed by atoms with van der Waals surface area (Å²) in [5, 5.41) is 10.5. The van der Waals surface area contributed by atoms with Gasteiger partial charge in [-0.1, -0.05) is 24.3 Å². The summed E-state index contributed by atoms with van der Waals surface area (Å²) in [6.45, 7) is 2.34. The van der Waals surface area contributed by atoms with Crippen LogP contribution in [0.4, 0.5) is 0 Å². The smallest absolute Gasteiger partial charge is 0.275 e. The third-order valence-corrected chi connectivity index (χ3v) is 4.56. The lowest BCUT2D eigenvalue weighted by molar-refractivity contribution is -0.121. The van der Waals surface area contributed by atoms with Crippen LogP contribution in [0, 0.1) is 6.92 Å². The fourth-order valence-electron chi connectivity index (χ4n) is 2.48. The maximum absolute atomic E-state index is 12.4. The predicted octanol–water partition coefficient (Wildman–Crippen LogP) is 2.13. The first-order valence-corrected chi connectivity index (χ1v) is 8.28. The second kappa shape index (κ2) is 6.75. The van der Waals surface area contributed by atoms with Gasteiger partial charge in [-0.15, -0.1) is 11.3 Å². The van der Waals surface area contributed by atoms with Crippen molar-refractivity contribution < 1.29 is 4.79 Å². The highest BCUT2D eigenvalue weighted by molar-refractivity contribution is 7.09. The van der Waals surface area contributed by atoms with Crippen LogP contribution in [0.25, 0.3) is 10.8 Å². The van der Waals surface area contributed by atoms with Gasteiger partial charge >= 0.3 is 0 Å². The van der Waals surface area contributed by atoms with Crippen molar-refractivity contribution in [2.75, 3.05) is 6.54 Å². The molecule has 1 aromatic carbocycles. The molecule has 0 radical (unpaired) electrons. The number of thiophene rings is 1. The van der Waals surface area contributed by atoms with Crippen molar-refractivity contribution in [3.8, 4) is 0 Å². The number of nitrogens with one attached hydrogen (secondary N) is 1. The fourth-order valence-corrected chi connectivity index (χ4v) is 3.19. The van der Waals surface area contributed by atoms with Gasteiger partial charge < -0.3 is 5.32 Å². The summed E-state index contributed by atoms with van der Waals surface area (Å²) >= 11 is 1.67. The normalized spacial score (nSPS) is 10.8. The van der Waals surface area contributed by atoms with Gasteiger partial charge in [0.25, 0.3) is 5.56 Å². The number of aromatic nitrogens is 2. The largest absolute Gasteiger partial charge is 0.354 e. The molecule has 0 atom stereocenters. The number of benzene rings is 1. The zero-order chi connectivity index (χ0) is 16.2. The fraction of sp³-hybridized carbons (Fsp3) is 0.235. The standard InChI is InChI=1S/C17H17N3O2S/c1-12-14-6-2-3-7-15(14)17(22)20(19-12)11-16(21)18-9-8-13-5-4-10-23-13/h2-7,10H,8-9,11H2,1H3,(H,18,21). The second-order valence-corrected chi connectivity index (χ2v) is 6.31. The zero-order valence-corrected chi connectivity index (χ0v) is 13.6. The quantitative estimate of drug-likeness (QED) is 0.781. The number of hydrogen-bond donors (Lipinski definition) is 1. The first-order valence-electron chi connectivity index (χ1n) is 7.40. The van der Waals surface area contributed by atoms with Gasteiger partial charge in [0.1, 0.15) is 6.54 Å². The summed E-state index contributed by atoms with van der Waals surface area (Å²) in [7, 11) is 0. The van der Waals surface area contributed by atoms with E-state index in [1.165, 1.54) is 9.56 Å². The molecule has 5 nitrogen and oxygen atoms in total. The van der Waals surface area contributed by atoms with Crippen LogP contribution in [-0.4, -0.2) is 22.2 Å². The molecule has 3 aromatic rings. The summed E-state index contributed by atoms with van der Waals surface area (Å²) in [4.78, 5) is 25.7. The van der Waals surface area contributed by atoms with Crippen LogP contribution in [0.1, 0.15) is 10.6 Å². The van der Waals surface area contributed by atoms with Gasteiger partial charge in [0.2, 0.25) is 5.91 Å². The molecule has 0 aliphatic heterocycles. The van der Waals surface area contributed by atoms with E-state index >= 15 is 0 Å². The molecule has 0 aliphatic rings. The van der Waals surface area contributed by atoms with E-state index < -0.39 is 0 Å².